The van der Waals surface area contributed by atoms with Gasteiger partial charge in [0, 0.05) is 11.1 Å². The molecule has 22 heavy (non-hydrogen) atoms. The lowest BCUT2D eigenvalue weighted by Crippen LogP contribution is -2.17. The van der Waals surface area contributed by atoms with Crippen molar-refractivity contribution in [3.63, 3.8) is 0 Å². The van der Waals surface area contributed by atoms with E-state index in [2.05, 4.69) is 57.3 Å². The van der Waals surface area contributed by atoms with Crippen LogP contribution in [0.4, 0.5) is 5.69 Å². The van der Waals surface area contributed by atoms with Gasteiger partial charge in [-0.2, -0.15) is 0 Å². The summed E-state index contributed by atoms with van der Waals surface area (Å²) in [6, 6.07) is 14.2. The van der Waals surface area contributed by atoms with Crippen LogP contribution >= 0.6 is 0 Å². The van der Waals surface area contributed by atoms with Crippen LogP contribution in [0, 0.1) is 17.3 Å². The number of amides is 1. The molecule has 1 aliphatic rings. The fraction of sp³-hybridized carbons (Fsp3) is 0.350. The van der Waals surface area contributed by atoms with E-state index in [1.54, 1.807) is 0 Å². The molecule has 0 radical (unpaired) electrons. The van der Waals surface area contributed by atoms with Crippen molar-refractivity contribution >= 4 is 22.4 Å². The molecule has 1 amide bonds. The molecule has 1 N–H and O–H groups in total. The molecule has 0 heterocycles. The molecule has 2 atom stereocenters. The zero-order valence-electron chi connectivity index (χ0n) is 13.7. The highest BCUT2D eigenvalue weighted by Gasteiger charge is 2.60. The standard InChI is InChI=1S/C20H23NO/c1-13(2)12-16-18(20(16,3)4)19(22)21-17-11-7-9-14-8-5-6-10-15(14)17/h5-12,16,18H,1-4H3,(H,21,22)/t16-,18+/m0/s1. The highest BCUT2D eigenvalue weighted by Crippen LogP contribution is 2.59. The number of carbonyl (C=O) groups is 1. The van der Waals surface area contributed by atoms with E-state index in [0.717, 1.165) is 16.5 Å². The summed E-state index contributed by atoms with van der Waals surface area (Å²) in [6.45, 7) is 8.52. The average Bonchev–Trinajstić information content (AvgIpc) is 2.99. The van der Waals surface area contributed by atoms with E-state index in [0.29, 0.717) is 5.92 Å². The van der Waals surface area contributed by atoms with E-state index in [4.69, 9.17) is 0 Å². The second-order valence-electron chi connectivity index (χ2n) is 7.08. The van der Waals surface area contributed by atoms with Crippen LogP contribution in [0.15, 0.2) is 54.1 Å². The zero-order valence-corrected chi connectivity index (χ0v) is 13.7. The van der Waals surface area contributed by atoms with Crippen LogP contribution < -0.4 is 5.32 Å². The van der Waals surface area contributed by atoms with Gasteiger partial charge in [0.05, 0.1) is 5.92 Å². The molecule has 0 aliphatic heterocycles. The molecular weight excluding hydrogens is 270 g/mol. The van der Waals surface area contributed by atoms with Crippen LogP contribution in [0.1, 0.15) is 27.7 Å². The topological polar surface area (TPSA) is 29.1 Å². The number of anilines is 1. The molecule has 1 saturated carbocycles. The number of hydrogen-bond acceptors (Lipinski definition) is 1. The third-order valence-electron chi connectivity index (χ3n) is 4.75. The average molecular weight is 293 g/mol. The lowest BCUT2D eigenvalue weighted by atomic mass is 10.1. The second kappa shape index (κ2) is 5.28. The predicted octanol–water partition coefficient (Wildman–Crippen LogP) is 5.02. The molecule has 1 aliphatic carbocycles. The molecule has 2 aromatic carbocycles. The van der Waals surface area contributed by atoms with E-state index in [1.807, 2.05) is 24.3 Å². The molecule has 114 valence electrons. The summed E-state index contributed by atoms with van der Waals surface area (Å²) < 4.78 is 0. The van der Waals surface area contributed by atoms with Crippen molar-refractivity contribution in [2.45, 2.75) is 27.7 Å². The Labute approximate surface area is 132 Å². The monoisotopic (exact) mass is 293 g/mol. The van der Waals surface area contributed by atoms with E-state index >= 15 is 0 Å². The number of benzene rings is 2. The normalized spacial score (nSPS) is 22.2. The minimum Gasteiger partial charge on any atom is -0.325 e. The first-order chi connectivity index (χ1) is 10.4. The van der Waals surface area contributed by atoms with Crippen molar-refractivity contribution in [3.05, 3.63) is 54.1 Å². The van der Waals surface area contributed by atoms with Gasteiger partial charge in [-0.3, -0.25) is 4.79 Å². The molecule has 1 fully saturated rings. The fourth-order valence-corrected chi connectivity index (χ4v) is 3.39. The zero-order chi connectivity index (χ0) is 15.9. The third-order valence-corrected chi connectivity index (χ3v) is 4.75. The Morgan fingerprint density at radius 3 is 2.50 bits per heavy atom. The van der Waals surface area contributed by atoms with Gasteiger partial charge in [0.2, 0.25) is 5.91 Å². The van der Waals surface area contributed by atoms with E-state index in [9.17, 15) is 4.79 Å². The molecule has 0 bridgehead atoms. The van der Waals surface area contributed by atoms with Crippen molar-refractivity contribution in [2.75, 3.05) is 5.32 Å². The van der Waals surface area contributed by atoms with Gasteiger partial charge in [-0.15, -0.1) is 0 Å². The van der Waals surface area contributed by atoms with Crippen molar-refractivity contribution in [2.24, 2.45) is 17.3 Å². The van der Waals surface area contributed by atoms with Crippen LogP contribution in [-0.2, 0) is 4.79 Å². The van der Waals surface area contributed by atoms with Crippen LogP contribution in [0.2, 0.25) is 0 Å². The Morgan fingerprint density at radius 2 is 1.77 bits per heavy atom. The Morgan fingerprint density at radius 1 is 1.09 bits per heavy atom. The van der Waals surface area contributed by atoms with Gasteiger partial charge >= 0.3 is 0 Å². The summed E-state index contributed by atoms with van der Waals surface area (Å²) in [5.41, 5.74) is 2.23. The van der Waals surface area contributed by atoms with Crippen molar-refractivity contribution < 1.29 is 4.79 Å². The molecule has 2 nitrogen and oxygen atoms in total. The van der Waals surface area contributed by atoms with Crippen molar-refractivity contribution in [1.82, 2.24) is 0 Å². The SMILES string of the molecule is CC(C)=C[C@H]1[C@H](C(=O)Nc2cccc3ccccc23)C1(C)C. The summed E-state index contributed by atoms with van der Waals surface area (Å²) in [6.07, 6.45) is 2.23. The van der Waals surface area contributed by atoms with Gasteiger partial charge in [-0.25, -0.2) is 0 Å². The number of allylic oxidation sites excluding steroid dienone is 2. The van der Waals surface area contributed by atoms with E-state index in [1.165, 1.54) is 5.57 Å². The van der Waals surface area contributed by atoms with Crippen molar-refractivity contribution in [3.8, 4) is 0 Å². The van der Waals surface area contributed by atoms with Crippen LogP contribution in [0.5, 0.6) is 0 Å². The van der Waals surface area contributed by atoms with Crippen LogP contribution in [0.25, 0.3) is 10.8 Å². The second-order valence-corrected chi connectivity index (χ2v) is 7.08. The molecule has 2 heteroatoms. The Balaban J connectivity index is 1.84. The smallest absolute Gasteiger partial charge is 0.228 e. The molecule has 0 spiro atoms. The Hall–Kier alpha value is -2.09. The maximum atomic E-state index is 12.7. The molecule has 0 saturated heterocycles. The maximum absolute atomic E-state index is 12.7. The minimum atomic E-state index is 0.0476. The largest absolute Gasteiger partial charge is 0.325 e. The van der Waals surface area contributed by atoms with Crippen molar-refractivity contribution in [1.29, 1.82) is 0 Å². The highest BCUT2D eigenvalue weighted by molar-refractivity contribution is 6.04. The van der Waals surface area contributed by atoms with Gasteiger partial charge < -0.3 is 5.32 Å². The first kappa shape index (κ1) is 14.8. The lowest BCUT2D eigenvalue weighted by molar-refractivity contribution is -0.118. The summed E-state index contributed by atoms with van der Waals surface area (Å²) in [7, 11) is 0. The number of rotatable bonds is 3. The first-order valence-electron chi connectivity index (χ1n) is 7.85. The van der Waals surface area contributed by atoms with Gasteiger partial charge in [0.1, 0.15) is 0 Å². The van der Waals surface area contributed by atoms with Gasteiger partial charge in [-0.1, -0.05) is 61.9 Å². The molecular formula is C20H23NO. The van der Waals surface area contributed by atoms with Gasteiger partial charge in [0.25, 0.3) is 0 Å². The fourth-order valence-electron chi connectivity index (χ4n) is 3.39. The summed E-state index contributed by atoms with van der Waals surface area (Å²) in [5.74, 6) is 0.526. The number of fused-ring (bicyclic) bond motifs is 1. The highest BCUT2D eigenvalue weighted by atomic mass is 16.2. The van der Waals surface area contributed by atoms with Gasteiger partial charge in [-0.05, 0) is 36.6 Å². The molecule has 3 rings (SSSR count). The lowest BCUT2D eigenvalue weighted by Gasteiger charge is -2.09. The van der Waals surface area contributed by atoms with Gasteiger partial charge in [0.15, 0.2) is 0 Å². The predicted molar refractivity (Wildman–Crippen MR) is 92.8 cm³/mol. The molecule has 0 unspecified atom stereocenters. The number of carbonyl (C=O) groups excluding carboxylic acids is 1. The van der Waals surface area contributed by atoms with Crippen LogP contribution in [-0.4, -0.2) is 5.91 Å². The van der Waals surface area contributed by atoms with E-state index < -0.39 is 0 Å². The first-order valence-corrected chi connectivity index (χ1v) is 7.85. The third kappa shape index (κ3) is 2.54. The Bertz CT molecular complexity index is 748. The Kier molecular flexibility index (Phi) is 3.56. The van der Waals surface area contributed by atoms with Crippen LogP contribution in [0.3, 0.4) is 0 Å². The minimum absolute atomic E-state index is 0.0476. The number of nitrogens with one attached hydrogen (secondary N) is 1. The summed E-state index contributed by atoms with van der Waals surface area (Å²) >= 11 is 0. The molecule has 2 aromatic rings. The van der Waals surface area contributed by atoms with E-state index in [-0.39, 0.29) is 17.2 Å². The number of hydrogen-bond donors (Lipinski definition) is 1. The summed E-state index contributed by atoms with van der Waals surface area (Å²) in [4.78, 5) is 12.7. The maximum Gasteiger partial charge on any atom is 0.228 e. The summed E-state index contributed by atoms with van der Waals surface area (Å²) in [5, 5.41) is 5.38. The molecule has 0 aromatic heterocycles. The quantitative estimate of drug-likeness (QED) is 0.791.